The fraction of sp³-hybridized carbons (Fsp3) is 0.636. The number of piperidine rings is 1. The van der Waals surface area contributed by atoms with Gasteiger partial charge in [0, 0.05) is 24.6 Å². The number of benzene rings is 1. The molecule has 2 amide bonds. The van der Waals surface area contributed by atoms with Crippen molar-refractivity contribution < 1.29 is 19.1 Å². The molecule has 1 N–H and O–H groups in total. The van der Waals surface area contributed by atoms with Crippen LogP contribution in [0.1, 0.15) is 70.7 Å². The van der Waals surface area contributed by atoms with Crippen LogP contribution in [0.2, 0.25) is 0 Å². The average molecular weight is 391 g/mol. The number of hydrogen-bond donors (Lipinski definition) is 1. The van der Waals surface area contributed by atoms with Crippen molar-refractivity contribution in [3.63, 3.8) is 0 Å². The van der Waals surface area contributed by atoms with Gasteiger partial charge in [0.2, 0.25) is 5.91 Å². The Balaban J connectivity index is 2.45. The van der Waals surface area contributed by atoms with E-state index in [-0.39, 0.29) is 29.3 Å². The Morgan fingerprint density at radius 2 is 1.61 bits per heavy atom. The molecule has 2 atom stereocenters. The number of carbonyl (C=O) groups is 2. The Morgan fingerprint density at radius 3 is 2.11 bits per heavy atom. The van der Waals surface area contributed by atoms with Gasteiger partial charge in [0.1, 0.15) is 0 Å². The number of anilines is 1. The van der Waals surface area contributed by atoms with Crippen molar-refractivity contribution in [3.8, 4) is 11.5 Å². The summed E-state index contributed by atoms with van der Waals surface area (Å²) in [5.74, 6) is 0.724. The second-order valence-corrected chi connectivity index (χ2v) is 8.88. The lowest BCUT2D eigenvalue weighted by Gasteiger charge is -2.39. The fourth-order valence-electron chi connectivity index (χ4n) is 3.80. The number of methoxy groups -OCH3 is 2. The van der Waals surface area contributed by atoms with Gasteiger partial charge in [0.05, 0.1) is 25.5 Å². The molecule has 2 rings (SSSR count). The summed E-state index contributed by atoms with van der Waals surface area (Å²) in [6.45, 7) is 10.2. The molecule has 0 spiro atoms. The maximum absolute atomic E-state index is 13.5. The summed E-state index contributed by atoms with van der Waals surface area (Å²) in [6.07, 6.45) is 3.43. The van der Waals surface area contributed by atoms with Crippen molar-refractivity contribution in [1.29, 1.82) is 0 Å². The van der Waals surface area contributed by atoms with Gasteiger partial charge < -0.3 is 19.7 Å². The lowest BCUT2D eigenvalue weighted by Crippen LogP contribution is -2.47. The number of nitrogens with zero attached hydrogens (tertiary/aromatic N) is 1. The largest absolute Gasteiger partial charge is 0.493 e. The molecule has 6 heteroatoms. The molecule has 28 heavy (non-hydrogen) atoms. The third-order valence-electron chi connectivity index (χ3n) is 5.15. The molecule has 1 fully saturated rings. The van der Waals surface area contributed by atoms with Gasteiger partial charge >= 0.3 is 0 Å². The van der Waals surface area contributed by atoms with Crippen molar-refractivity contribution >= 4 is 17.5 Å². The first kappa shape index (κ1) is 22.1. The van der Waals surface area contributed by atoms with E-state index in [4.69, 9.17) is 9.47 Å². The Morgan fingerprint density at radius 1 is 1.07 bits per heavy atom. The van der Waals surface area contributed by atoms with Crippen LogP contribution in [-0.2, 0) is 4.79 Å². The lowest BCUT2D eigenvalue weighted by atomic mass is 9.92. The molecule has 0 saturated carbocycles. The molecular weight excluding hydrogens is 356 g/mol. The molecule has 0 radical (unpaired) electrons. The minimum atomic E-state index is -0.152. The fourth-order valence-corrected chi connectivity index (χ4v) is 3.80. The van der Waals surface area contributed by atoms with Crippen molar-refractivity contribution in [2.45, 2.75) is 72.4 Å². The second kappa shape index (κ2) is 8.84. The van der Waals surface area contributed by atoms with E-state index >= 15 is 0 Å². The van der Waals surface area contributed by atoms with E-state index in [1.54, 1.807) is 12.1 Å². The molecule has 1 saturated heterocycles. The first-order chi connectivity index (χ1) is 13.1. The molecule has 0 bridgehead atoms. The van der Waals surface area contributed by atoms with Crippen LogP contribution in [0.3, 0.4) is 0 Å². The highest BCUT2D eigenvalue weighted by molar-refractivity contribution is 6.05. The third-order valence-corrected chi connectivity index (χ3v) is 5.15. The Bertz CT molecular complexity index is 714. The minimum absolute atomic E-state index is 0.0910. The van der Waals surface area contributed by atoms with E-state index in [9.17, 15) is 9.59 Å². The van der Waals surface area contributed by atoms with Gasteiger partial charge in [0.25, 0.3) is 5.91 Å². The van der Waals surface area contributed by atoms with Crippen LogP contribution in [0.25, 0.3) is 0 Å². The molecule has 2 unspecified atom stereocenters. The van der Waals surface area contributed by atoms with Crippen LogP contribution in [0.15, 0.2) is 12.1 Å². The first-order valence-corrected chi connectivity index (χ1v) is 9.96. The van der Waals surface area contributed by atoms with E-state index in [1.165, 1.54) is 14.2 Å². The maximum atomic E-state index is 13.5. The van der Waals surface area contributed by atoms with E-state index in [2.05, 4.69) is 19.2 Å². The van der Waals surface area contributed by atoms with Crippen LogP contribution in [0.5, 0.6) is 11.5 Å². The topological polar surface area (TPSA) is 67.9 Å². The highest BCUT2D eigenvalue weighted by Crippen LogP contribution is 2.36. The molecule has 1 heterocycles. The summed E-state index contributed by atoms with van der Waals surface area (Å²) >= 11 is 0. The number of likely N-dealkylation sites (tertiary alicyclic amines) is 1. The molecule has 1 aromatic carbocycles. The van der Waals surface area contributed by atoms with Crippen molar-refractivity contribution in [1.82, 2.24) is 4.90 Å². The SMILES string of the molecule is COc1cc(NC(=O)CC(C)(C)C)c(C(=O)N2C(C)CCCC2C)cc1OC. The molecule has 156 valence electrons. The molecular formula is C22H34N2O4. The van der Waals surface area contributed by atoms with E-state index in [0.717, 1.165) is 19.3 Å². The van der Waals surface area contributed by atoms with Crippen LogP contribution in [0.4, 0.5) is 5.69 Å². The van der Waals surface area contributed by atoms with Crippen LogP contribution >= 0.6 is 0 Å². The molecule has 1 aliphatic rings. The monoisotopic (exact) mass is 390 g/mol. The predicted octanol–water partition coefficient (Wildman–Crippen LogP) is 4.48. The second-order valence-electron chi connectivity index (χ2n) is 8.88. The van der Waals surface area contributed by atoms with Crippen molar-refractivity contribution in [2.24, 2.45) is 5.41 Å². The Kier molecular flexibility index (Phi) is 6.96. The van der Waals surface area contributed by atoms with Gasteiger partial charge in [-0.1, -0.05) is 20.8 Å². The van der Waals surface area contributed by atoms with Gasteiger partial charge in [0.15, 0.2) is 11.5 Å². The summed E-state index contributed by atoms with van der Waals surface area (Å²) in [4.78, 5) is 27.9. The highest BCUT2D eigenvalue weighted by atomic mass is 16.5. The normalized spacial score (nSPS) is 19.9. The number of hydrogen-bond acceptors (Lipinski definition) is 4. The zero-order chi connectivity index (χ0) is 21.1. The van der Waals surface area contributed by atoms with Gasteiger partial charge in [-0.15, -0.1) is 0 Å². The molecule has 1 aromatic rings. The molecule has 0 aliphatic carbocycles. The smallest absolute Gasteiger partial charge is 0.256 e. The number of ether oxygens (including phenoxy) is 2. The number of amides is 2. The van der Waals surface area contributed by atoms with Crippen molar-refractivity contribution in [2.75, 3.05) is 19.5 Å². The molecule has 0 aromatic heterocycles. The van der Waals surface area contributed by atoms with Gasteiger partial charge in [-0.3, -0.25) is 9.59 Å². The van der Waals surface area contributed by atoms with Gasteiger partial charge in [-0.2, -0.15) is 0 Å². The summed E-state index contributed by atoms with van der Waals surface area (Å²) in [6, 6.07) is 3.65. The van der Waals surface area contributed by atoms with E-state index in [0.29, 0.717) is 29.2 Å². The third kappa shape index (κ3) is 5.18. The molecule has 1 aliphatic heterocycles. The number of nitrogens with one attached hydrogen (secondary N) is 1. The van der Waals surface area contributed by atoms with Crippen LogP contribution in [-0.4, -0.2) is 43.0 Å². The summed E-state index contributed by atoms with van der Waals surface area (Å²) < 4.78 is 10.8. The summed E-state index contributed by atoms with van der Waals surface area (Å²) in [5.41, 5.74) is 0.739. The van der Waals surface area contributed by atoms with Gasteiger partial charge in [-0.05, 0) is 44.6 Å². The van der Waals surface area contributed by atoms with Crippen molar-refractivity contribution in [3.05, 3.63) is 17.7 Å². The summed E-state index contributed by atoms with van der Waals surface area (Å²) in [7, 11) is 3.07. The quantitative estimate of drug-likeness (QED) is 0.805. The first-order valence-electron chi connectivity index (χ1n) is 9.96. The van der Waals surface area contributed by atoms with Crippen LogP contribution < -0.4 is 14.8 Å². The average Bonchev–Trinajstić information content (AvgIpc) is 2.59. The summed E-state index contributed by atoms with van der Waals surface area (Å²) in [5, 5.41) is 2.92. The zero-order valence-electron chi connectivity index (χ0n) is 18.2. The number of carbonyl (C=O) groups excluding carboxylic acids is 2. The lowest BCUT2D eigenvalue weighted by molar-refractivity contribution is -0.117. The highest BCUT2D eigenvalue weighted by Gasteiger charge is 2.32. The maximum Gasteiger partial charge on any atom is 0.256 e. The van der Waals surface area contributed by atoms with Gasteiger partial charge in [-0.25, -0.2) is 0 Å². The van der Waals surface area contributed by atoms with Crippen LogP contribution in [0, 0.1) is 5.41 Å². The molecule has 6 nitrogen and oxygen atoms in total. The Labute approximate surface area is 168 Å². The van der Waals surface area contributed by atoms with E-state index < -0.39 is 0 Å². The zero-order valence-corrected chi connectivity index (χ0v) is 18.2. The predicted molar refractivity (Wildman–Crippen MR) is 111 cm³/mol. The standard InChI is InChI=1S/C22H34N2O4/c1-14-9-8-10-15(2)24(14)21(26)16-11-18(27-6)19(28-7)12-17(16)23-20(25)13-22(3,4)5/h11-12,14-15H,8-10,13H2,1-7H3,(H,23,25). The minimum Gasteiger partial charge on any atom is -0.493 e. The van der Waals surface area contributed by atoms with E-state index in [1.807, 2.05) is 25.7 Å². The Hall–Kier alpha value is -2.24. The number of rotatable bonds is 5.